The van der Waals surface area contributed by atoms with Gasteiger partial charge in [-0.05, 0) is 48.5 Å². The van der Waals surface area contributed by atoms with E-state index in [1.807, 2.05) is 30.3 Å². The minimum atomic E-state index is -0.312. The van der Waals surface area contributed by atoms with Crippen LogP contribution in [-0.2, 0) is 0 Å². The molecular formula is C20H11FN4O3S. The van der Waals surface area contributed by atoms with Gasteiger partial charge in [0.25, 0.3) is 5.89 Å². The van der Waals surface area contributed by atoms with Gasteiger partial charge in [0.1, 0.15) is 11.6 Å². The Bertz CT molecular complexity index is 1230. The zero-order valence-corrected chi connectivity index (χ0v) is 15.5. The van der Waals surface area contributed by atoms with Gasteiger partial charge in [-0.1, -0.05) is 28.6 Å². The standard InChI is InChI=1S/C20H11FN4O3S/c21-14-5-7-15(8-6-14)27-17-10-9-16(29-17)20-23-18(25-28-20)12-1-3-13(4-2-12)19-24-22-11-26-19/h1-11H. The van der Waals surface area contributed by atoms with Crippen molar-refractivity contribution in [2.45, 2.75) is 0 Å². The molecule has 3 aromatic heterocycles. The smallest absolute Gasteiger partial charge is 0.268 e. The predicted octanol–water partition coefficient (Wildman–Crippen LogP) is 5.45. The molecule has 0 fully saturated rings. The maximum atomic E-state index is 13.0. The first-order valence-corrected chi connectivity index (χ1v) is 9.30. The summed E-state index contributed by atoms with van der Waals surface area (Å²) in [5.74, 6) is 1.53. The van der Waals surface area contributed by atoms with E-state index in [0.29, 0.717) is 28.4 Å². The molecule has 0 N–H and O–H groups in total. The van der Waals surface area contributed by atoms with E-state index in [2.05, 4.69) is 20.3 Å². The highest BCUT2D eigenvalue weighted by Crippen LogP contribution is 2.35. The van der Waals surface area contributed by atoms with Crippen molar-refractivity contribution in [2.24, 2.45) is 0 Å². The van der Waals surface area contributed by atoms with E-state index in [-0.39, 0.29) is 5.82 Å². The van der Waals surface area contributed by atoms with Gasteiger partial charge in [0.2, 0.25) is 18.1 Å². The molecule has 0 amide bonds. The van der Waals surface area contributed by atoms with Crippen LogP contribution in [0.25, 0.3) is 33.6 Å². The number of benzene rings is 2. The van der Waals surface area contributed by atoms with E-state index in [9.17, 15) is 4.39 Å². The molecular weight excluding hydrogens is 395 g/mol. The molecule has 5 aromatic rings. The monoisotopic (exact) mass is 406 g/mol. The van der Waals surface area contributed by atoms with Gasteiger partial charge < -0.3 is 13.7 Å². The third-order valence-corrected chi connectivity index (χ3v) is 4.95. The zero-order valence-electron chi connectivity index (χ0n) is 14.7. The molecule has 0 saturated heterocycles. The summed E-state index contributed by atoms with van der Waals surface area (Å²) in [7, 11) is 0. The molecule has 9 heteroatoms. The maximum Gasteiger partial charge on any atom is 0.268 e. The van der Waals surface area contributed by atoms with Gasteiger partial charge >= 0.3 is 0 Å². The number of hydrogen-bond donors (Lipinski definition) is 0. The summed E-state index contributed by atoms with van der Waals surface area (Å²) in [5.41, 5.74) is 1.60. The number of halogens is 1. The molecule has 0 aliphatic carbocycles. The second-order valence-electron chi connectivity index (χ2n) is 5.92. The molecule has 29 heavy (non-hydrogen) atoms. The van der Waals surface area contributed by atoms with Gasteiger partial charge in [0.15, 0.2) is 5.06 Å². The fourth-order valence-electron chi connectivity index (χ4n) is 2.61. The topological polar surface area (TPSA) is 87.1 Å². The average Bonchev–Trinajstić information content (AvgIpc) is 3.51. The summed E-state index contributed by atoms with van der Waals surface area (Å²) in [6.07, 6.45) is 1.28. The number of rotatable bonds is 5. The Morgan fingerprint density at radius 1 is 0.862 bits per heavy atom. The van der Waals surface area contributed by atoms with E-state index < -0.39 is 0 Å². The van der Waals surface area contributed by atoms with Crippen molar-refractivity contribution >= 4 is 11.3 Å². The summed E-state index contributed by atoms with van der Waals surface area (Å²) in [6.45, 7) is 0. The second-order valence-corrected chi connectivity index (χ2v) is 6.97. The molecule has 2 aromatic carbocycles. The van der Waals surface area contributed by atoms with Crippen LogP contribution in [0.2, 0.25) is 0 Å². The van der Waals surface area contributed by atoms with Crippen LogP contribution in [0, 0.1) is 5.82 Å². The zero-order chi connectivity index (χ0) is 19.6. The highest BCUT2D eigenvalue weighted by atomic mass is 32.1. The predicted molar refractivity (Wildman–Crippen MR) is 103 cm³/mol. The van der Waals surface area contributed by atoms with Crippen molar-refractivity contribution in [3.63, 3.8) is 0 Å². The Kier molecular flexibility index (Phi) is 4.34. The minimum Gasteiger partial charge on any atom is -0.447 e. The Morgan fingerprint density at radius 3 is 2.41 bits per heavy atom. The molecule has 0 bridgehead atoms. The normalized spacial score (nSPS) is 10.9. The Hall–Kier alpha value is -3.85. The van der Waals surface area contributed by atoms with Crippen molar-refractivity contribution < 1.29 is 18.1 Å². The molecule has 0 saturated carbocycles. The maximum absolute atomic E-state index is 13.0. The fourth-order valence-corrected chi connectivity index (χ4v) is 3.41. The number of hydrogen-bond acceptors (Lipinski definition) is 8. The molecule has 3 heterocycles. The first-order chi connectivity index (χ1) is 14.2. The van der Waals surface area contributed by atoms with Crippen LogP contribution in [0.3, 0.4) is 0 Å². The van der Waals surface area contributed by atoms with Crippen molar-refractivity contribution in [1.82, 2.24) is 20.3 Å². The van der Waals surface area contributed by atoms with Gasteiger partial charge in [-0.3, -0.25) is 0 Å². The van der Waals surface area contributed by atoms with Crippen LogP contribution in [0.15, 0.2) is 76.0 Å². The SMILES string of the molecule is Fc1ccc(Oc2ccc(-c3nc(-c4ccc(-c5nnco5)cc4)no3)s2)cc1. The highest BCUT2D eigenvalue weighted by molar-refractivity contribution is 7.17. The lowest BCUT2D eigenvalue weighted by Gasteiger charge is -2.01. The summed E-state index contributed by atoms with van der Waals surface area (Å²) in [6, 6.07) is 16.9. The lowest BCUT2D eigenvalue weighted by molar-refractivity contribution is 0.433. The second kappa shape index (κ2) is 7.28. The summed E-state index contributed by atoms with van der Waals surface area (Å²) in [5, 5.41) is 12.2. The third kappa shape index (κ3) is 3.63. The van der Waals surface area contributed by atoms with Gasteiger partial charge in [-0.15, -0.1) is 10.2 Å². The van der Waals surface area contributed by atoms with Crippen LogP contribution in [0.5, 0.6) is 10.8 Å². The minimum absolute atomic E-state index is 0.312. The molecule has 7 nitrogen and oxygen atoms in total. The quantitative estimate of drug-likeness (QED) is 0.384. The van der Waals surface area contributed by atoms with Crippen molar-refractivity contribution in [1.29, 1.82) is 0 Å². The summed E-state index contributed by atoms with van der Waals surface area (Å²) < 4.78 is 29.3. The molecule has 5 rings (SSSR count). The largest absolute Gasteiger partial charge is 0.447 e. The molecule has 0 unspecified atom stereocenters. The fraction of sp³-hybridized carbons (Fsp3) is 0. The Balaban J connectivity index is 1.33. The lowest BCUT2D eigenvalue weighted by atomic mass is 10.1. The molecule has 142 valence electrons. The number of thiophene rings is 1. The lowest BCUT2D eigenvalue weighted by Crippen LogP contribution is -1.82. The molecule has 0 aliphatic rings. The van der Waals surface area contributed by atoms with Gasteiger partial charge in [-0.25, -0.2) is 4.39 Å². The highest BCUT2D eigenvalue weighted by Gasteiger charge is 2.14. The van der Waals surface area contributed by atoms with Crippen molar-refractivity contribution in [3.8, 4) is 44.4 Å². The van der Waals surface area contributed by atoms with Crippen LogP contribution in [0.4, 0.5) is 4.39 Å². The van der Waals surface area contributed by atoms with Crippen molar-refractivity contribution in [2.75, 3.05) is 0 Å². The first kappa shape index (κ1) is 17.3. The van der Waals surface area contributed by atoms with Crippen molar-refractivity contribution in [3.05, 3.63) is 72.9 Å². The van der Waals surface area contributed by atoms with Crippen LogP contribution in [0.1, 0.15) is 0 Å². The molecule has 0 aliphatic heterocycles. The third-order valence-electron chi connectivity index (χ3n) is 4.00. The van der Waals surface area contributed by atoms with E-state index in [1.54, 1.807) is 18.2 Å². The average molecular weight is 406 g/mol. The van der Waals surface area contributed by atoms with Crippen LogP contribution in [-0.4, -0.2) is 20.3 Å². The number of aromatic nitrogens is 4. The summed E-state index contributed by atoms with van der Waals surface area (Å²) in [4.78, 5) is 5.22. The van der Waals surface area contributed by atoms with Gasteiger partial charge in [-0.2, -0.15) is 4.98 Å². The van der Waals surface area contributed by atoms with Gasteiger partial charge in [0, 0.05) is 11.1 Å². The van der Waals surface area contributed by atoms with E-state index in [1.165, 1.54) is 29.9 Å². The van der Waals surface area contributed by atoms with E-state index in [0.717, 1.165) is 16.0 Å². The van der Waals surface area contributed by atoms with Crippen LogP contribution < -0.4 is 4.74 Å². The summed E-state index contributed by atoms with van der Waals surface area (Å²) >= 11 is 1.35. The molecule has 0 atom stereocenters. The number of ether oxygens (including phenoxy) is 1. The van der Waals surface area contributed by atoms with E-state index >= 15 is 0 Å². The van der Waals surface area contributed by atoms with Crippen LogP contribution >= 0.6 is 11.3 Å². The Morgan fingerprint density at radius 2 is 1.66 bits per heavy atom. The number of nitrogens with zero attached hydrogens (tertiary/aromatic N) is 4. The molecule has 0 spiro atoms. The first-order valence-electron chi connectivity index (χ1n) is 8.49. The molecule has 0 radical (unpaired) electrons. The van der Waals surface area contributed by atoms with E-state index in [4.69, 9.17) is 13.7 Å². The van der Waals surface area contributed by atoms with Gasteiger partial charge in [0.05, 0.1) is 4.88 Å². The Labute approximate surface area is 167 Å².